The predicted molar refractivity (Wildman–Crippen MR) is 102 cm³/mol. The second kappa shape index (κ2) is 7.08. The summed E-state index contributed by atoms with van der Waals surface area (Å²) in [5.41, 5.74) is 1.56. The van der Waals surface area contributed by atoms with Crippen LogP contribution in [0.5, 0.6) is 0 Å². The summed E-state index contributed by atoms with van der Waals surface area (Å²) in [6.45, 7) is 5.37. The first-order chi connectivity index (χ1) is 12.6. The molecule has 1 aromatic carbocycles. The summed E-state index contributed by atoms with van der Waals surface area (Å²) in [7, 11) is 0. The highest BCUT2D eigenvalue weighted by atomic mass is 32.1. The largest absolute Gasteiger partial charge is 0.312 e. The Morgan fingerprint density at radius 2 is 1.92 bits per heavy atom. The van der Waals surface area contributed by atoms with Gasteiger partial charge in [0.25, 0.3) is 0 Å². The lowest BCUT2D eigenvalue weighted by Crippen LogP contribution is -2.56. The molecule has 2 aliphatic heterocycles. The van der Waals surface area contributed by atoms with Gasteiger partial charge in [-0.15, -0.1) is 11.3 Å². The molecule has 0 saturated carbocycles. The first-order valence-corrected chi connectivity index (χ1v) is 10.1. The number of halogens is 1. The van der Waals surface area contributed by atoms with Crippen LogP contribution in [0.2, 0.25) is 0 Å². The van der Waals surface area contributed by atoms with Gasteiger partial charge in [0.15, 0.2) is 0 Å². The van der Waals surface area contributed by atoms with E-state index < -0.39 is 0 Å². The Morgan fingerprint density at radius 1 is 1.19 bits per heavy atom. The van der Waals surface area contributed by atoms with Crippen molar-refractivity contribution in [3.63, 3.8) is 0 Å². The lowest BCUT2D eigenvalue weighted by atomic mass is 9.73. The third kappa shape index (κ3) is 3.40. The van der Waals surface area contributed by atoms with Crippen molar-refractivity contribution in [3.05, 3.63) is 46.2 Å². The van der Waals surface area contributed by atoms with E-state index in [1.54, 1.807) is 23.5 Å². The van der Waals surface area contributed by atoms with Gasteiger partial charge >= 0.3 is 0 Å². The average molecular weight is 373 g/mol. The molecule has 3 heterocycles. The molecule has 0 bridgehead atoms. The number of aromatic nitrogens is 1. The fourth-order valence-electron chi connectivity index (χ4n) is 4.35. The van der Waals surface area contributed by atoms with Gasteiger partial charge in [-0.25, -0.2) is 9.37 Å². The van der Waals surface area contributed by atoms with Crippen LogP contribution in [0.25, 0.3) is 0 Å². The molecule has 1 amide bonds. The van der Waals surface area contributed by atoms with Gasteiger partial charge in [-0.05, 0) is 63.4 Å². The maximum atomic E-state index is 13.4. The highest BCUT2D eigenvalue weighted by Crippen LogP contribution is 2.41. The summed E-state index contributed by atoms with van der Waals surface area (Å²) >= 11 is 1.69. The number of aryl methyl sites for hydroxylation is 1. The van der Waals surface area contributed by atoms with Gasteiger partial charge in [0, 0.05) is 29.9 Å². The van der Waals surface area contributed by atoms with Gasteiger partial charge in [-0.1, -0.05) is 0 Å². The van der Waals surface area contributed by atoms with Crippen LogP contribution < -0.4 is 4.90 Å². The second-order valence-corrected chi connectivity index (χ2v) is 8.46. The van der Waals surface area contributed by atoms with Gasteiger partial charge in [0.1, 0.15) is 10.8 Å². The number of rotatable bonds is 3. The minimum absolute atomic E-state index is 0.204. The quantitative estimate of drug-likeness (QED) is 0.816. The zero-order valence-corrected chi connectivity index (χ0v) is 15.9. The molecular weight excluding hydrogens is 349 g/mol. The highest BCUT2D eigenvalue weighted by molar-refractivity contribution is 7.09. The number of carbonyl (C=O) groups is 1. The van der Waals surface area contributed by atoms with Crippen LogP contribution >= 0.6 is 11.3 Å². The van der Waals surface area contributed by atoms with Crippen molar-refractivity contribution < 1.29 is 9.18 Å². The first kappa shape index (κ1) is 17.6. The van der Waals surface area contributed by atoms with E-state index in [9.17, 15) is 9.18 Å². The molecule has 1 atom stereocenters. The lowest BCUT2D eigenvalue weighted by Gasteiger charge is -2.47. The Morgan fingerprint density at radius 3 is 2.62 bits per heavy atom. The van der Waals surface area contributed by atoms with Crippen LogP contribution in [0.4, 0.5) is 10.1 Å². The molecule has 6 heteroatoms. The Hall–Kier alpha value is -1.79. The molecule has 138 valence electrons. The van der Waals surface area contributed by atoms with Gasteiger partial charge in [0.2, 0.25) is 5.91 Å². The van der Waals surface area contributed by atoms with E-state index in [1.165, 1.54) is 12.1 Å². The maximum absolute atomic E-state index is 13.4. The van der Waals surface area contributed by atoms with Crippen LogP contribution in [0.1, 0.15) is 36.4 Å². The topological polar surface area (TPSA) is 36.4 Å². The molecule has 0 N–H and O–H groups in total. The van der Waals surface area contributed by atoms with Gasteiger partial charge in [-0.2, -0.15) is 0 Å². The molecule has 26 heavy (non-hydrogen) atoms. The molecule has 2 saturated heterocycles. The van der Waals surface area contributed by atoms with Gasteiger partial charge in [-0.3, -0.25) is 9.69 Å². The Balaban J connectivity index is 1.52. The van der Waals surface area contributed by atoms with Crippen molar-refractivity contribution in [2.24, 2.45) is 5.41 Å². The molecule has 2 aliphatic rings. The number of thiazole rings is 1. The number of anilines is 1. The minimum Gasteiger partial charge on any atom is -0.312 e. The molecule has 0 aliphatic carbocycles. The van der Waals surface area contributed by atoms with Gasteiger partial charge in [0.05, 0.1) is 12.0 Å². The smallest absolute Gasteiger partial charge is 0.234 e. The Kier molecular flexibility index (Phi) is 4.80. The number of carbonyl (C=O) groups excluding carboxylic acids is 1. The Bertz CT molecular complexity index is 787. The number of benzene rings is 1. The maximum Gasteiger partial charge on any atom is 0.234 e. The summed E-state index contributed by atoms with van der Waals surface area (Å²) in [6, 6.07) is 6.29. The van der Waals surface area contributed by atoms with E-state index in [0.717, 1.165) is 68.3 Å². The molecule has 2 fully saturated rings. The zero-order chi connectivity index (χ0) is 18.1. The lowest BCUT2D eigenvalue weighted by molar-refractivity contribution is -0.134. The van der Waals surface area contributed by atoms with Crippen LogP contribution in [-0.2, 0) is 11.3 Å². The minimum atomic E-state index is -0.308. The SMILES string of the molecule is Cc1csc(CN2CCCC3(CCCN(c4ccc(F)cc4)C3=O)C2)n1. The van der Waals surface area contributed by atoms with Gasteiger partial charge < -0.3 is 4.90 Å². The number of hydrogen-bond donors (Lipinski definition) is 0. The Labute approximate surface area is 157 Å². The standard InChI is InChI=1S/C20H24FN3OS/c1-15-13-26-18(22-15)12-23-10-2-8-20(14-23)9-3-11-24(19(20)25)17-6-4-16(21)5-7-17/h4-7,13H,2-3,8-12,14H2,1H3. The van der Waals surface area contributed by atoms with E-state index in [4.69, 9.17) is 0 Å². The van der Waals surface area contributed by atoms with E-state index in [0.29, 0.717) is 0 Å². The van der Waals surface area contributed by atoms with Crippen molar-refractivity contribution in [3.8, 4) is 0 Å². The van der Waals surface area contributed by atoms with E-state index in [2.05, 4.69) is 15.3 Å². The monoisotopic (exact) mass is 373 g/mol. The summed E-state index contributed by atoms with van der Waals surface area (Å²) < 4.78 is 13.2. The van der Waals surface area contributed by atoms with Crippen molar-refractivity contribution in [1.82, 2.24) is 9.88 Å². The van der Waals surface area contributed by atoms with E-state index in [-0.39, 0.29) is 17.1 Å². The number of hydrogen-bond acceptors (Lipinski definition) is 4. The fourth-order valence-corrected chi connectivity index (χ4v) is 5.16. The molecule has 4 rings (SSSR count). The van der Waals surface area contributed by atoms with Crippen molar-refractivity contribution in [2.45, 2.75) is 39.2 Å². The summed E-state index contributed by atoms with van der Waals surface area (Å²) in [5.74, 6) is -0.0640. The third-order valence-corrected chi connectivity index (χ3v) is 6.51. The number of amides is 1. The van der Waals surface area contributed by atoms with Crippen LogP contribution in [0, 0.1) is 18.2 Å². The van der Waals surface area contributed by atoms with Crippen molar-refractivity contribution in [2.75, 3.05) is 24.5 Å². The van der Waals surface area contributed by atoms with Crippen LogP contribution in [-0.4, -0.2) is 35.4 Å². The molecule has 4 nitrogen and oxygen atoms in total. The van der Waals surface area contributed by atoms with E-state index in [1.807, 2.05) is 11.8 Å². The number of nitrogens with zero attached hydrogens (tertiary/aromatic N) is 3. The number of likely N-dealkylation sites (tertiary alicyclic amines) is 1. The summed E-state index contributed by atoms with van der Waals surface area (Å²) in [5, 5.41) is 3.20. The highest BCUT2D eigenvalue weighted by Gasteiger charge is 2.46. The second-order valence-electron chi connectivity index (χ2n) is 7.51. The molecule has 1 unspecified atom stereocenters. The average Bonchev–Trinajstić information content (AvgIpc) is 3.04. The molecule has 1 spiro atoms. The molecule has 2 aromatic rings. The molecular formula is C20H24FN3OS. The predicted octanol–water partition coefficient (Wildman–Crippen LogP) is 4.00. The first-order valence-electron chi connectivity index (χ1n) is 9.27. The van der Waals surface area contributed by atoms with Crippen LogP contribution in [0.15, 0.2) is 29.6 Å². The summed E-state index contributed by atoms with van der Waals surface area (Å²) in [4.78, 5) is 22.2. The fraction of sp³-hybridized carbons (Fsp3) is 0.500. The molecule has 1 aromatic heterocycles. The molecule has 0 radical (unpaired) electrons. The van der Waals surface area contributed by atoms with Crippen molar-refractivity contribution in [1.29, 1.82) is 0 Å². The number of piperidine rings is 2. The van der Waals surface area contributed by atoms with Crippen LogP contribution in [0.3, 0.4) is 0 Å². The zero-order valence-electron chi connectivity index (χ0n) is 15.1. The third-order valence-electron chi connectivity index (χ3n) is 5.56. The van der Waals surface area contributed by atoms with E-state index >= 15 is 0 Å². The normalized spacial score (nSPS) is 24.4. The summed E-state index contributed by atoms with van der Waals surface area (Å²) in [6.07, 6.45) is 3.91. The van der Waals surface area contributed by atoms with Crippen molar-refractivity contribution >= 4 is 22.9 Å².